The Bertz CT molecular complexity index is 903. The molecule has 2 rings (SSSR count). The van der Waals surface area contributed by atoms with Gasteiger partial charge in [-0.2, -0.15) is 0 Å². The Morgan fingerprint density at radius 1 is 1.26 bits per heavy atom. The number of halogens is 1. The predicted octanol–water partition coefficient (Wildman–Crippen LogP) is 4.46. The van der Waals surface area contributed by atoms with E-state index in [1.54, 1.807) is 31.4 Å². The molecule has 0 aliphatic heterocycles. The molecule has 0 radical (unpaired) electrons. The SMILES string of the molecule is CSc1ccc(C(=O)O[C@@H](C)C(=O)Nc2cc(Cl)ccc2C)cc1[N+](=O)[O-]. The largest absolute Gasteiger partial charge is 0.449 e. The van der Waals surface area contributed by atoms with E-state index in [4.69, 9.17) is 16.3 Å². The number of nitrogens with zero attached hydrogens (tertiary/aromatic N) is 1. The van der Waals surface area contributed by atoms with E-state index in [0.29, 0.717) is 15.6 Å². The van der Waals surface area contributed by atoms with Gasteiger partial charge in [-0.3, -0.25) is 14.9 Å². The van der Waals surface area contributed by atoms with E-state index in [1.807, 2.05) is 0 Å². The lowest BCUT2D eigenvalue weighted by Gasteiger charge is -2.15. The number of benzene rings is 2. The van der Waals surface area contributed by atoms with Crippen molar-refractivity contribution in [1.82, 2.24) is 0 Å². The van der Waals surface area contributed by atoms with E-state index in [0.717, 1.165) is 11.6 Å². The number of rotatable bonds is 6. The normalized spacial score (nSPS) is 11.6. The third-order valence-electron chi connectivity index (χ3n) is 3.72. The molecule has 2 aromatic carbocycles. The summed E-state index contributed by atoms with van der Waals surface area (Å²) in [6, 6.07) is 9.07. The average Bonchev–Trinajstić information content (AvgIpc) is 2.63. The summed E-state index contributed by atoms with van der Waals surface area (Å²) in [6.07, 6.45) is 0.597. The molecule has 142 valence electrons. The first-order chi connectivity index (χ1) is 12.7. The van der Waals surface area contributed by atoms with Crippen molar-refractivity contribution in [3.63, 3.8) is 0 Å². The molecule has 0 saturated carbocycles. The number of amides is 1. The minimum Gasteiger partial charge on any atom is -0.449 e. The molecular formula is C18H17ClN2O5S. The fourth-order valence-corrected chi connectivity index (χ4v) is 2.92. The third-order valence-corrected chi connectivity index (χ3v) is 4.74. The van der Waals surface area contributed by atoms with Gasteiger partial charge in [0.1, 0.15) is 0 Å². The Morgan fingerprint density at radius 2 is 1.96 bits per heavy atom. The molecule has 1 atom stereocenters. The number of ether oxygens (including phenoxy) is 1. The van der Waals surface area contributed by atoms with Gasteiger partial charge in [0.05, 0.1) is 15.4 Å². The molecule has 0 bridgehead atoms. The van der Waals surface area contributed by atoms with E-state index in [1.165, 1.54) is 30.8 Å². The van der Waals surface area contributed by atoms with Crippen LogP contribution < -0.4 is 5.32 Å². The highest BCUT2D eigenvalue weighted by Crippen LogP contribution is 2.28. The number of carbonyl (C=O) groups is 2. The fourth-order valence-electron chi connectivity index (χ4n) is 2.21. The summed E-state index contributed by atoms with van der Waals surface area (Å²) in [5, 5.41) is 14.2. The van der Waals surface area contributed by atoms with Crippen molar-refractivity contribution in [2.75, 3.05) is 11.6 Å². The summed E-state index contributed by atoms with van der Waals surface area (Å²) in [5.74, 6) is -1.36. The molecule has 1 amide bonds. The Morgan fingerprint density at radius 3 is 2.59 bits per heavy atom. The second-order valence-corrected chi connectivity index (χ2v) is 6.92. The number of anilines is 1. The molecule has 0 aliphatic carbocycles. The Kier molecular flexibility index (Phi) is 6.81. The molecule has 0 unspecified atom stereocenters. The van der Waals surface area contributed by atoms with Gasteiger partial charge in [-0.05, 0) is 49.9 Å². The standard InChI is InChI=1S/C18H17ClN2O5S/c1-10-4-6-13(19)9-14(10)20-17(22)11(2)26-18(23)12-5-7-16(27-3)15(8-12)21(24)25/h4-9,11H,1-3H3,(H,20,22)/t11-/m0/s1. The van der Waals surface area contributed by atoms with Crippen LogP contribution in [0.2, 0.25) is 5.02 Å². The van der Waals surface area contributed by atoms with Crippen molar-refractivity contribution in [2.24, 2.45) is 0 Å². The molecule has 0 aliphatic rings. The number of carbonyl (C=O) groups excluding carboxylic acids is 2. The van der Waals surface area contributed by atoms with E-state index < -0.39 is 22.9 Å². The molecular weight excluding hydrogens is 392 g/mol. The number of hydrogen-bond acceptors (Lipinski definition) is 6. The zero-order chi connectivity index (χ0) is 20.1. The third kappa shape index (κ3) is 5.21. The van der Waals surface area contributed by atoms with Gasteiger partial charge in [-0.25, -0.2) is 4.79 Å². The first-order valence-corrected chi connectivity index (χ1v) is 9.43. The summed E-state index contributed by atoms with van der Waals surface area (Å²) in [4.78, 5) is 35.5. The first-order valence-electron chi connectivity index (χ1n) is 7.83. The van der Waals surface area contributed by atoms with Crippen LogP contribution in [-0.2, 0) is 9.53 Å². The summed E-state index contributed by atoms with van der Waals surface area (Å²) in [7, 11) is 0. The van der Waals surface area contributed by atoms with Crippen LogP contribution in [0.4, 0.5) is 11.4 Å². The molecule has 9 heteroatoms. The van der Waals surface area contributed by atoms with E-state index >= 15 is 0 Å². The highest BCUT2D eigenvalue weighted by atomic mass is 35.5. The van der Waals surface area contributed by atoms with Crippen LogP contribution in [-0.4, -0.2) is 29.2 Å². The van der Waals surface area contributed by atoms with E-state index in [2.05, 4.69) is 5.32 Å². The molecule has 0 fully saturated rings. The minimum absolute atomic E-state index is 0.00177. The lowest BCUT2D eigenvalue weighted by atomic mass is 10.2. The van der Waals surface area contributed by atoms with Gasteiger partial charge in [0, 0.05) is 16.8 Å². The number of hydrogen-bond donors (Lipinski definition) is 1. The van der Waals surface area contributed by atoms with Gasteiger partial charge in [-0.15, -0.1) is 11.8 Å². The highest BCUT2D eigenvalue weighted by Gasteiger charge is 2.22. The van der Waals surface area contributed by atoms with E-state index in [9.17, 15) is 19.7 Å². The molecule has 0 saturated heterocycles. The number of nitrogens with one attached hydrogen (secondary N) is 1. The fraction of sp³-hybridized carbons (Fsp3) is 0.222. The summed E-state index contributed by atoms with van der Waals surface area (Å²) >= 11 is 7.11. The molecule has 7 nitrogen and oxygen atoms in total. The second-order valence-electron chi connectivity index (χ2n) is 5.64. The van der Waals surface area contributed by atoms with Crippen molar-refractivity contribution in [3.05, 3.63) is 62.7 Å². The Hall–Kier alpha value is -2.58. The van der Waals surface area contributed by atoms with Gasteiger partial charge in [0.15, 0.2) is 6.10 Å². The lowest BCUT2D eigenvalue weighted by Crippen LogP contribution is -2.30. The van der Waals surface area contributed by atoms with Gasteiger partial charge in [0.25, 0.3) is 11.6 Å². The number of nitro groups is 1. The predicted molar refractivity (Wildman–Crippen MR) is 105 cm³/mol. The molecule has 0 spiro atoms. The monoisotopic (exact) mass is 408 g/mol. The Balaban J connectivity index is 2.10. The average molecular weight is 409 g/mol. The molecule has 2 aromatic rings. The molecule has 0 aromatic heterocycles. The number of thioether (sulfide) groups is 1. The minimum atomic E-state index is -1.10. The quantitative estimate of drug-likeness (QED) is 0.328. The van der Waals surface area contributed by atoms with Crippen molar-refractivity contribution in [2.45, 2.75) is 24.8 Å². The first kappa shape index (κ1) is 20.7. The summed E-state index contributed by atoms with van der Waals surface area (Å²) in [5.41, 5.74) is 1.12. The van der Waals surface area contributed by atoms with Crippen LogP contribution in [0.1, 0.15) is 22.8 Å². The van der Waals surface area contributed by atoms with Crippen LogP contribution in [0.3, 0.4) is 0 Å². The van der Waals surface area contributed by atoms with Gasteiger partial charge in [0.2, 0.25) is 0 Å². The van der Waals surface area contributed by atoms with Crippen molar-refractivity contribution < 1.29 is 19.2 Å². The zero-order valence-electron chi connectivity index (χ0n) is 14.8. The zero-order valence-corrected chi connectivity index (χ0v) is 16.4. The Labute approximate surface area is 165 Å². The van der Waals surface area contributed by atoms with Crippen LogP contribution >= 0.6 is 23.4 Å². The van der Waals surface area contributed by atoms with Crippen LogP contribution in [0.15, 0.2) is 41.3 Å². The maximum absolute atomic E-state index is 12.3. The van der Waals surface area contributed by atoms with Crippen molar-refractivity contribution in [3.8, 4) is 0 Å². The van der Waals surface area contributed by atoms with Gasteiger partial charge in [-0.1, -0.05) is 17.7 Å². The van der Waals surface area contributed by atoms with Crippen molar-refractivity contribution in [1.29, 1.82) is 0 Å². The second kappa shape index (κ2) is 8.88. The summed E-state index contributed by atoms with van der Waals surface area (Å²) in [6.45, 7) is 3.22. The molecule has 1 N–H and O–H groups in total. The number of esters is 1. The lowest BCUT2D eigenvalue weighted by molar-refractivity contribution is -0.387. The number of aryl methyl sites for hydroxylation is 1. The molecule has 0 heterocycles. The van der Waals surface area contributed by atoms with Crippen molar-refractivity contribution >= 4 is 46.6 Å². The summed E-state index contributed by atoms with van der Waals surface area (Å²) < 4.78 is 5.14. The van der Waals surface area contributed by atoms with Crippen LogP contribution in [0, 0.1) is 17.0 Å². The van der Waals surface area contributed by atoms with Crippen LogP contribution in [0.25, 0.3) is 0 Å². The van der Waals surface area contributed by atoms with Gasteiger partial charge >= 0.3 is 5.97 Å². The highest BCUT2D eigenvalue weighted by molar-refractivity contribution is 7.98. The topological polar surface area (TPSA) is 98.5 Å². The van der Waals surface area contributed by atoms with Gasteiger partial charge < -0.3 is 10.1 Å². The van der Waals surface area contributed by atoms with Crippen LogP contribution in [0.5, 0.6) is 0 Å². The number of nitro benzene ring substituents is 1. The maximum Gasteiger partial charge on any atom is 0.339 e. The maximum atomic E-state index is 12.3. The molecule has 27 heavy (non-hydrogen) atoms. The van der Waals surface area contributed by atoms with E-state index in [-0.39, 0.29) is 11.3 Å². The smallest absolute Gasteiger partial charge is 0.339 e.